The Morgan fingerprint density at radius 2 is 2.36 bits per heavy atom. The number of halogens is 2. The molecule has 1 aliphatic heterocycles. The molecular weight excluding hydrogens is 158 g/mol. The van der Waals surface area contributed by atoms with E-state index in [1.807, 2.05) is 0 Å². The van der Waals surface area contributed by atoms with E-state index in [0.717, 1.165) is 4.90 Å². The third-order valence-corrected chi connectivity index (χ3v) is 1.51. The lowest BCUT2D eigenvalue weighted by atomic mass is 10.2. The van der Waals surface area contributed by atoms with E-state index in [1.54, 1.807) is 0 Å². The van der Waals surface area contributed by atoms with Crippen LogP contribution in [0.15, 0.2) is 0 Å². The maximum Gasteiger partial charge on any atom is 0.347 e. The van der Waals surface area contributed by atoms with Crippen LogP contribution in [0.4, 0.5) is 13.6 Å². The Hall–Kier alpha value is -0.910. The zero-order valence-corrected chi connectivity index (χ0v) is 5.67. The number of hydrogen-bond acceptors (Lipinski definition) is 2. The van der Waals surface area contributed by atoms with Gasteiger partial charge >= 0.3 is 12.6 Å². The van der Waals surface area contributed by atoms with Crippen LogP contribution in [0.1, 0.15) is 6.42 Å². The summed E-state index contributed by atoms with van der Waals surface area (Å²) < 4.78 is 27.1. The standard InChI is InChI=1S/C5H8F2N2O2/c6-4(7)11-3-1-2-9(3)5(8)10/h3-4H,1-2H2,(H2,8,10). The van der Waals surface area contributed by atoms with Gasteiger partial charge in [0.05, 0.1) is 0 Å². The number of urea groups is 1. The van der Waals surface area contributed by atoms with Crippen molar-refractivity contribution in [3.8, 4) is 0 Å². The molecule has 0 radical (unpaired) electrons. The molecule has 0 aromatic heterocycles. The second kappa shape index (κ2) is 3.00. The Balaban J connectivity index is 2.31. The quantitative estimate of drug-likeness (QED) is 0.642. The van der Waals surface area contributed by atoms with Gasteiger partial charge in [-0.15, -0.1) is 0 Å². The molecule has 2 amide bonds. The number of ether oxygens (including phenoxy) is 1. The highest BCUT2D eigenvalue weighted by molar-refractivity contribution is 5.73. The van der Waals surface area contributed by atoms with Gasteiger partial charge in [-0.2, -0.15) is 8.78 Å². The minimum absolute atomic E-state index is 0.396. The third kappa shape index (κ3) is 1.76. The first-order valence-corrected chi connectivity index (χ1v) is 3.11. The molecule has 0 aromatic rings. The topological polar surface area (TPSA) is 55.6 Å². The van der Waals surface area contributed by atoms with E-state index in [9.17, 15) is 13.6 Å². The minimum atomic E-state index is -2.85. The van der Waals surface area contributed by atoms with Crippen molar-refractivity contribution in [1.29, 1.82) is 0 Å². The average molecular weight is 166 g/mol. The van der Waals surface area contributed by atoms with Crippen LogP contribution in [0, 0.1) is 0 Å². The molecule has 0 aromatic carbocycles. The maximum atomic E-state index is 11.5. The first-order chi connectivity index (χ1) is 5.11. The molecule has 1 atom stereocenters. The first-order valence-electron chi connectivity index (χ1n) is 3.11. The molecule has 1 aliphatic rings. The fourth-order valence-electron chi connectivity index (χ4n) is 0.876. The van der Waals surface area contributed by atoms with Gasteiger partial charge in [0.2, 0.25) is 0 Å². The summed E-state index contributed by atoms with van der Waals surface area (Å²) in [7, 11) is 0. The number of likely N-dealkylation sites (tertiary alicyclic amines) is 1. The summed E-state index contributed by atoms with van der Waals surface area (Å²) in [6.07, 6.45) is -0.403. The highest BCUT2D eigenvalue weighted by Gasteiger charge is 2.33. The molecule has 2 N–H and O–H groups in total. The summed E-state index contributed by atoms with van der Waals surface area (Å²) in [5.74, 6) is 0. The Morgan fingerprint density at radius 1 is 1.73 bits per heavy atom. The van der Waals surface area contributed by atoms with Crippen molar-refractivity contribution in [3.05, 3.63) is 0 Å². The molecular formula is C5H8F2N2O2. The number of alkyl halides is 2. The van der Waals surface area contributed by atoms with Crippen LogP contribution in [0.2, 0.25) is 0 Å². The van der Waals surface area contributed by atoms with Crippen LogP contribution in [-0.2, 0) is 4.74 Å². The molecule has 0 saturated carbocycles. The monoisotopic (exact) mass is 166 g/mol. The number of carbonyl (C=O) groups is 1. The number of nitrogens with zero attached hydrogens (tertiary/aromatic N) is 1. The third-order valence-electron chi connectivity index (χ3n) is 1.51. The predicted octanol–water partition coefficient (Wildman–Crippen LogP) is 0.336. The van der Waals surface area contributed by atoms with E-state index >= 15 is 0 Å². The van der Waals surface area contributed by atoms with Gasteiger partial charge in [0.1, 0.15) is 6.23 Å². The number of primary amides is 1. The molecule has 1 rings (SSSR count). The van der Waals surface area contributed by atoms with E-state index < -0.39 is 18.9 Å². The second-order valence-corrected chi connectivity index (χ2v) is 2.17. The molecule has 6 heteroatoms. The van der Waals surface area contributed by atoms with Crippen molar-refractivity contribution < 1.29 is 18.3 Å². The van der Waals surface area contributed by atoms with Gasteiger partial charge in [-0.05, 0) is 0 Å². The molecule has 0 spiro atoms. The number of hydrogen-bond donors (Lipinski definition) is 1. The lowest BCUT2D eigenvalue weighted by Gasteiger charge is -2.38. The zero-order chi connectivity index (χ0) is 8.43. The Bertz CT molecular complexity index is 165. The Kier molecular flexibility index (Phi) is 2.23. The minimum Gasteiger partial charge on any atom is -0.351 e. The van der Waals surface area contributed by atoms with Crippen molar-refractivity contribution in [2.45, 2.75) is 19.3 Å². The maximum absolute atomic E-state index is 11.5. The summed E-state index contributed by atoms with van der Waals surface area (Å²) >= 11 is 0. The van der Waals surface area contributed by atoms with E-state index in [4.69, 9.17) is 5.73 Å². The number of nitrogens with two attached hydrogens (primary N) is 1. The second-order valence-electron chi connectivity index (χ2n) is 2.17. The van der Waals surface area contributed by atoms with Gasteiger partial charge in [0.25, 0.3) is 0 Å². The molecule has 64 valence electrons. The molecule has 11 heavy (non-hydrogen) atoms. The van der Waals surface area contributed by atoms with Gasteiger partial charge in [-0.3, -0.25) is 9.64 Å². The fraction of sp³-hybridized carbons (Fsp3) is 0.800. The molecule has 1 saturated heterocycles. The lowest BCUT2D eigenvalue weighted by Crippen LogP contribution is -2.55. The van der Waals surface area contributed by atoms with E-state index in [1.165, 1.54) is 0 Å². The summed E-state index contributed by atoms with van der Waals surface area (Å²) in [4.78, 5) is 11.4. The van der Waals surface area contributed by atoms with Gasteiger partial charge in [0.15, 0.2) is 0 Å². The van der Waals surface area contributed by atoms with Gasteiger partial charge in [-0.1, -0.05) is 0 Å². The number of amides is 2. The summed E-state index contributed by atoms with van der Waals surface area (Å²) in [5, 5.41) is 0. The molecule has 1 unspecified atom stereocenters. The van der Waals surface area contributed by atoms with E-state index in [0.29, 0.717) is 13.0 Å². The summed E-state index contributed by atoms with van der Waals surface area (Å²) in [6, 6.07) is -0.720. The highest BCUT2D eigenvalue weighted by Crippen LogP contribution is 2.19. The molecule has 1 fully saturated rings. The first kappa shape index (κ1) is 8.19. The van der Waals surface area contributed by atoms with Gasteiger partial charge < -0.3 is 5.73 Å². The largest absolute Gasteiger partial charge is 0.351 e. The number of rotatable bonds is 2. The number of carbonyl (C=O) groups excluding carboxylic acids is 1. The molecule has 0 aliphatic carbocycles. The summed E-state index contributed by atoms with van der Waals surface area (Å²) in [5.41, 5.74) is 4.83. The van der Waals surface area contributed by atoms with Crippen molar-refractivity contribution in [2.24, 2.45) is 5.73 Å². The van der Waals surface area contributed by atoms with Crippen LogP contribution in [0.5, 0.6) is 0 Å². The van der Waals surface area contributed by atoms with Gasteiger partial charge in [0, 0.05) is 13.0 Å². The van der Waals surface area contributed by atoms with Crippen molar-refractivity contribution >= 4 is 6.03 Å². The smallest absolute Gasteiger partial charge is 0.347 e. The van der Waals surface area contributed by atoms with Gasteiger partial charge in [-0.25, -0.2) is 4.79 Å². The van der Waals surface area contributed by atoms with Crippen LogP contribution >= 0.6 is 0 Å². The van der Waals surface area contributed by atoms with Crippen LogP contribution in [0.25, 0.3) is 0 Å². The highest BCUT2D eigenvalue weighted by atomic mass is 19.3. The average Bonchev–Trinajstić information content (AvgIpc) is 1.78. The van der Waals surface area contributed by atoms with Crippen molar-refractivity contribution in [2.75, 3.05) is 6.54 Å². The van der Waals surface area contributed by atoms with E-state index in [-0.39, 0.29) is 0 Å². The predicted molar refractivity (Wildman–Crippen MR) is 31.8 cm³/mol. The Labute approximate surface area is 61.9 Å². The zero-order valence-electron chi connectivity index (χ0n) is 5.67. The summed E-state index contributed by atoms with van der Waals surface area (Å²) in [6.45, 7) is -2.45. The molecule has 1 heterocycles. The molecule has 4 nitrogen and oxygen atoms in total. The normalized spacial score (nSPS) is 23.5. The van der Waals surface area contributed by atoms with Crippen LogP contribution < -0.4 is 5.73 Å². The van der Waals surface area contributed by atoms with Crippen LogP contribution in [-0.4, -0.2) is 30.3 Å². The van der Waals surface area contributed by atoms with Crippen LogP contribution in [0.3, 0.4) is 0 Å². The molecule has 0 bridgehead atoms. The lowest BCUT2D eigenvalue weighted by molar-refractivity contribution is -0.220. The fourth-order valence-corrected chi connectivity index (χ4v) is 0.876. The van der Waals surface area contributed by atoms with Crippen molar-refractivity contribution in [3.63, 3.8) is 0 Å². The van der Waals surface area contributed by atoms with E-state index in [2.05, 4.69) is 4.74 Å². The Morgan fingerprint density at radius 3 is 2.64 bits per heavy atom. The SMILES string of the molecule is NC(=O)N1CCC1OC(F)F. The van der Waals surface area contributed by atoms with Crippen molar-refractivity contribution in [1.82, 2.24) is 4.90 Å².